The first kappa shape index (κ1) is 19.5. The Labute approximate surface area is 174 Å². The molecule has 3 aromatic heterocycles. The molecule has 0 aliphatic rings. The molecule has 0 aliphatic carbocycles. The number of nitrogens with one attached hydrogen (secondary N) is 1. The largest absolute Gasteiger partial charge is 0.463 e. The quantitative estimate of drug-likeness (QED) is 0.276. The van der Waals surface area contributed by atoms with Crippen LogP contribution >= 0.6 is 23.1 Å². The maximum absolute atomic E-state index is 12.8. The minimum absolute atomic E-state index is 0.149. The van der Waals surface area contributed by atoms with Crippen LogP contribution in [0.15, 0.2) is 50.1 Å². The van der Waals surface area contributed by atoms with E-state index in [4.69, 9.17) is 4.42 Å². The molecule has 8 heteroatoms. The maximum Gasteiger partial charge on any atom is 0.373 e. The molecule has 4 rings (SSSR count). The average molecular weight is 427 g/mol. The van der Waals surface area contributed by atoms with Crippen LogP contribution in [0.4, 0.5) is 0 Å². The third-order valence-corrected chi connectivity index (χ3v) is 6.26. The van der Waals surface area contributed by atoms with Crippen LogP contribution in [0.5, 0.6) is 0 Å². The summed E-state index contributed by atoms with van der Waals surface area (Å²) in [5.41, 5.74) is 4.09. The summed E-state index contributed by atoms with van der Waals surface area (Å²) in [4.78, 5) is 32.4. The normalized spacial score (nSPS) is 11.1. The fourth-order valence-electron chi connectivity index (χ4n) is 3.12. The van der Waals surface area contributed by atoms with Gasteiger partial charge in [0.05, 0.1) is 18.2 Å². The summed E-state index contributed by atoms with van der Waals surface area (Å²) >= 11 is 2.79. The number of aryl methyl sites for hydroxylation is 2. The van der Waals surface area contributed by atoms with Gasteiger partial charge in [-0.05, 0) is 37.1 Å². The van der Waals surface area contributed by atoms with Crippen LogP contribution < -0.4 is 5.56 Å². The molecule has 3 heterocycles. The summed E-state index contributed by atoms with van der Waals surface area (Å²) < 4.78 is 10.1. The third-order valence-electron chi connectivity index (χ3n) is 4.49. The van der Waals surface area contributed by atoms with E-state index >= 15 is 0 Å². The zero-order chi connectivity index (χ0) is 20.5. The van der Waals surface area contributed by atoms with Gasteiger partial charge in [-0.15, -0.1) is 11.3 Å². The van der Waals surface area contributed by atoms with Crippen molar-refractivity contribution in [1.82, 2.24) is 9.97 Å². The Hall–Kier alpha value is -2.84. The fraction of sp³-hybridized carbons (Fsp3) is 0.190. The number of carbonyl (C=O) groups is 1. The van der Waals surface area contributed by atoms with E-state index in [2.05, 4.69) is 20.8 Å². The summed E-state index contributed by atoms with van der Waals surface area (Å²) in [6.07, 6.45) is 0. The molecule has 4 aromatic rings. The second-order valence-corrected chi connectivity index (χ2v) is 8.39. The van der Waals surface area contributed by atoms with Crippen LogP contribution in [0.2, 0.25) is 0 Å². The Morgan fingerprint density at radius 2 is 2.07 bits per heavy atom. The highest BCUT2D eigenvalue weighted by atomic mass is 32.2. The molecule has 0 saturated heterocycles. The van der Waals surface area contributed by atoms with E-state index in [1.165, 1.54) is 35.8 Å². The van der Waals surface area contributed by atoms with Crippen molar-refractivity contribution in [2.45, 2.75) is 24.8 Å². The van der Waals surface area contributed by atoms with Crippen molar-refractivity contribution >= 4 is 39.3 Å². The van der Waals surface area contributed by atoms with E-state index in [0.717, 1.165) is 16.7 Å². The van der Waals surface area contributed by atoms with Crippen molar-refractivity contribution in [2.75, 3.05) is 7.11 Å². The molecule has 0 spiro atoms. The Balaban J connectivity index is 1.61. The van der Waals surface area contributed by atoms with Crippen molar-refractivity contribution in [3.8, 4) is 11.1 Å². The monoisotopic (exact) mass is 426 g/mol. The molecule has 0 bridgehead atoms. The Kier molecular flexibility index (Phi) is 5.29. The van der Waals surface area contributed by atoms with E-state index in [0.29, 0.717) is 26.9 Å². The number of esters is 1. The first-order chi connectivity index (χ1) is 14.0. The summed E-state index contributed by atoms with van der Waals surface area (Å²) in [5.74, 6) is 0.657. The molecule has 0 unspecified atom stereocenters. The highest BCUT2D eigenvalue weighted by Gasteiger charge is 2.16. The number of methoxy groups -OCH3 is 1. The third kappa shape index (κ3) is 3.86. The summed E-state index contributed by atoms with van der Waals surface area (Å²) in [6, 6.07) is 9.47. The Morgan fingerprint density at radius 3 is 2.83 bits per heavy atom. The zero-order valence-electron chi connectivity index (χ0n) is 16.1. The molecule has 0 atom stereocenters. The first-order valence-corrected chi connectivity index (χ1v) is 10.7. The van der Waals surface area contributed by atoms with Crippen molar-refractivity contribution in [3.63, 3.8) is 0 Å². The smallest absolute Gasteiger partial charge is 0.373 e. The molecule has 29 heavy (non-hydrogen) atoms. The predicted molar refractivity (Wildman–Crippen MR) is 115 cm³/mol. The average Bonchev–Trinajstić information content (AvgIpc) is 3.33. The Bertz CT molecular complexity index is 1270. The lowest BCUT2D eigenvalue weighted by atomic mass is 9.99. The molecule has 148 valence electrons. The van der Waals surface area contributed by atoms with Crippen LogP contribution in [0, 0.1) is 13.8 Å². The van der Waals surface area contributed by atoms with E-state index in [9.17, 15) is 9.59 Å². The first-order valence-electron chi connectivity index (χ1n) is 8.85. The van der Waals surface area contributed by atoms with Gasteiger partial charge in [0.1, 0.15) is 10.6 Å². The number of fused-ring (bicyclic) bond motifs is 1. The molecule has 1 aromatic carbocycles. The number of furan rings is 1. The molecule has 0 radical (unpaired) electrons. The lowest BCUT2D eigenvalue weighted by Gasteiger charge is -2.06. The van der Waals surface area contributed by atoms with Crippen LogP contribution in [0.1, 0.15) is 27.4 Å². The van der Waals surface area contributed by atoms with Gasteiger partial charge in [0.15, 0.2) is 5.16 Å². The van der Waals surface area contributed by atoms with Crippen LogP contribution in [0.3, 0.4) is 0 Å². The van der Waals surface area contributed by atoms with Crippen LogP contribution in [-0.4, -0.2) is 23.0 Å². The minimum atomic E-state index is -0.522. The molecular formula is C21H18N2O4S2. The van der Waals surface area contributed by atoms with Gasteiger partial charge < -0.3 is 14.1 Å². The number of H-pyrrole nitrogens is 1. The molecular weight excluding hydrogens is 408 g/mol. The molecule has 0 saturated carbocycles. The van der Waals surface area contributed by atoms with Gasteiger partial charge in [-0.2, -0.15) is 0 Å². The lowest BCUT2D eigenvalue weighted by molar-refractivity contribution is 0.0563. The standard InChI is InChI=1S/C21H18N2O4S2/c1-11-4-6-14(12(2)8-11)15-10-28-19-17(15)18(24)22-21(23-19)29-9-13-5-7-16(27-13)20(25)26-3/h4-8,10H,9H2,1-3H3,(H,22,23,24). The second-order valence-electron chi connectivity index (χ2n) is 6.57. The number of rotatable bonds is 5. The highest BCUT2D eigenvalue weighted by Crippen LogP contribution is 2.34. The number of aromatic amines is 1. The molecule has 0 fully saturated rings. The van der Waals surface area contributed by atoms with E-state index < -0.39 is 5.97 Å². The number of aromatic nitrogens is 2. The van der Waals surface area contributed by atoms with E-state index in [1.807, 2.05) is 31.4 Å². The predicted octanol–water partition coefficient (Wildman–Crippen LogP) is 4.94. The second kappa shape index (κ2) is 7.88. The Morgan fingerprint density at radius 1 is 1.24 bits per heavy atom. The fourth-order valence-corrected chi connectivity index (χ4v) is 4.87. The molecule has 1 N–H and O–H groups in total. The van der Waals surface area contributed by atoms with Crippen molar-refractivity contribution in [2.24, 2.45) is 0 Å². The summed E-state index contributed by atoms with van der Waals surface area (Å²) in [7, 11) is 1.30. The summed E-state index contributed by atoms with van der Waals surface area (Å²) in [6.45, 7) is 4.09. The van der Waals surface area contributed by atoms with Crippen LogP contribution in [0.25, 0.3) is 21.3 Å². The van der Waals surface area contributed by atoms with Crippen LogP contribution in [-0.2, 0) is 10.5 Å². The van der Waals surface area contributed by atoms with E-state index in [1.54, 1.807) is 12.1 Å². The number of thiophene rings is 1. The number of hydrogen-bond donors (Lipinski definition) is 1. The van der Waals surface area contributed by atoms with Gasteiger partial charge in [0, 0.05) is 10.9 Å². The topological polar surface area (TPSA) is 85.2 Å². The maximum atomic E-state index is 12.8. The van der Waals surface area contributed by atoms with Gasteiger partial charge in [0.25, 0.3) is 5.56 Å². The zero-order valence-corrected chi connectivity index (χ0v) is 17.7. The number of thioether (sulfide) groups is 1. The number of ether oxygens (including phenoxy) is 1. The molecule has 0 aliphatic heterocycles. The van der Waals surface area contributed by atoms with Crippen molar-refractivity contribution in [1.29, 1.82) is 0 Å². The lowest BCUT2D eigenvalue weighted by Crippen LogP contribution is -2.08. The van der Waals surface area contributed by atoms with Gasteiger partial charge in [0.2, 0.25) is 5.76 Å². The molecule has 6 nitrogen and oxygen atoms in total. The highest BCUT2D eigenvalue weighted by molar-refractivity contribution is 7.98. The summed E-state index contributed by atoms with van der Waals surface area (Å²) in [5, 5.41) is 3.10. The van der Waals surface area contributed by atoms with Crippen molar-refractivity contribution in [3.05, 3.63) is 68.7 Å². The van der Waals surface area contributed by atoms with Gasteiger partial charge >= 0.3 is 5.97 Å². The van der Waals surface area contributed by atoms with Gasteiger partial charge in [-0.1, -0.05) is 35.5 Å². The molecule has 0 amide bonds. The number of nitrogens with zero attached hydrogens (tertiary/aromatic N) is 1. The van der Waals surface area contributed by atoms with E-state index in [-0.39, 0.29) is 11.3 Å². The number of carbonyl (C=O) groups excluding carboxylic acids is 1. The van der Waals surface area contributed by atoms with Gasteiger partial charge in [-0.25, -0.2) is 9.78 Å². The number of hydrogen-bond acceptors (Lipinski definition) is 7. The van der Waals surface area contributed by atoms with Gasteiger partial charge in [-0.3, -0.25) is 4.79 Å². The van der Waals surface area contributed by atoms with Crippen molar-refractivity contribution < 1.29 is 13.9 Å². The number of benzene rings is 1. The SMILES string of the molecule is COC(=O)c1ccc(CSc2nc3scc(-c4ccc(C)cc4C)c3c(=O)[nH]2)o1. The minimum Gasteiger partial charge on any atom is -0.463 e.